The van der Waals surface area contributed by atoms with Gasteiger partial charge in [-0.25, -0.2) is 5.10 Å². The molecule has 0 spiro atoms. The highest BCUT2D eigenvalue weighted by molar-refractivity contribution is 7.71. The van der Waals surface area contributed by atoms with Crippen LogP contribution in [0.15, 0.2) is 22.6 Å². The molecule has 21 heavy (non-hydrogen) atoms. The number of benzene rings is 1. The summed E-state index contributed by atoms with van der Waals surface area (Å²) in [4.78, 5) is 5.04. The molecule has 3 aromatic rings. The smallest absolute Gasteiger partial charge is 0.284 e. The molecule has 1 aliphatic carbocycles. The molecule has 0 unspecified atom stereocenters. The number of hydrogen-bond acceptors (Lipinski definition) is 5. The number of aryl methyl sites for hydroxylation is 1. The molecule has 0 saturated carbocycles. The Morgan fingerprint density at radius 3 is 3.00 bits per heavy atom. The van der Waals surface area contributed by atoms with Gasteiger partial charge < -0.3 is 9.15 Å². The van der Waals surface area contributed by atoms with Gasteiger partial charge in [0, 0.05) is 11.1 Å². The highest BCUT2D eigenvalue weighted by Gasteiger charge is 2.23. The number of pyridine rings is 1. The average molecular weight is 299 g/mol. The Kier molecular flexibility index (Phi) is 2.78. The Morgan fingerprint density at radius 2 is 2.24 bits per heavy atom. The molecule has 1 N–H and O–H groups in total. The van der Waals surface area contributed by atoms with Gasteiger partial charge in [0.05, 0.1) is 18.2 Å². The van der Waals surface area contributed by atoms with Crippen LogP contribution in [0, 0.1) is 4.84 Å². The van der Waals surface area contributed by atoms with Crippen molar-refractivity contribution in [2.75, 3.05) is 7.11 Å². The van der Waals surface area contributed by atoms with Gasteiger partial charge in [0.2, 0.25) is 5.89 Å². The number of aromatic nitrogens is 3. The predicted molar refractivity (Wildman–Crippen MR) is 81.0 cm³/mol. The van der Waals surface area contributed by atoms with E-state index in [9.17, 15) is 0 Å². The van der Waals surface area contributed by atoms with Crippen LogP contribution in [-0.4, -0.2) is 22.3 Å². The number of hydrogen-bond donors (Lipinski definition) is 1. The van der Waals surface area contributed by atoms with Gasteiger partial charge >= 0.3 is 0 Å². The fourth-order valence-electron chi connectivity index (χ4n) is 2.95. The highest BCUT2D eigenvalue weighted by Crippen LogP contribution is 2.37. The topological polar surface area (TPSA) is 63.9 Å². The van der Waals surface area contributed by atoms with Crippen molar-refractivity contribution in [3.8, 4) is 17.2 Å². The van der Waals surface area contributed by atoms with Gasteiger partial charge in [0.25, 0.3) is 4.84 Å². The molecule has 0 bridgehead atoms. The lowest BCUT2D eigenvalue weighted by molar-refractivity contribution is 0.415. The van der Waals surface area contributed by atoms with Gasteiger partial charge in [0.15, 0.2) is 0 Å². The number of fused-ring (bicyclic) bond motifs is 2. The van der Waals surface area contributed by atoms with Crippen LogP contribution < -0.4 is 4.74 Å². The first-order chi connectivity index (χ1) is 10.3. The molecule has 5 nitrogen and oxygen atoms in total. The minimum Gasteiger partial charge on any atom is -0.497 e. The second-order valence-electron chi connectivity index (χ2n) is 5.07. The van der Waals surface area contributed by atoms with Crippen molar-refractivity contribution in [3.05, 3.63) is 34.3 Å². The van der Waals surface area contributed by atoms with Crippen LogP contribution in [0.25, 0.3) is 22.4 Å². The van der Waals surface area contributed by atoms with Gasteiger partial charge in [-0.2, -0.15) is 0 Å². The zero-order chi connectivity index (χ0) is 14.4. The summed E-state index contributed by atoms with van der Waals surface area (Å²) in [6.45, 7) is 0. The van der Waals surface area contributed by atoms with Crippen LogP contribution >= 0.6 is 12.2 Å². The summed E-state index contributed by atoms with van der Waals surface area (Å²) in [5.41, 5.74) is 4.25. The summed E-state index contributed by atoms with van der Waals surface area (Å²) >= 11 is 5.01. The third kappa shape index (κ3) is 1.94. The molecule has 2 aromatic heterocycles. The number of methoxy groups -OCH3 is 1. The molecule has 0 aliphatic heterocycles. The minimum absolute atomic E-state index is 0.282. The lowest BCUT2D eigenvalue weighted by atomic mass is 10.0. The Morgan fingerprint density at radius 1 is 1.33 bits per heavy atom. The third-order valence-electron chi connectivity index (χ3n) is 3.87. The van der Waals surface area contributed by atoms with E-state index in [1.807, 2.05) is 18.2 Å². The normalized spacial score (nSPS) is 13.6. The Hall–Kier alpha value is -2.21. The van der Waals surface area contributed by atoms with E-state index in [4.69, 9.17) is 26.4 Å². The Labute approximate surface area is 126 Å². The first-order valence-corrected chi connectivity index (χ1v) is 7.22. The molecule has 0 fully saturated rings. The second-order valence-corrected chi connectivity index (χ2v) is 5.44. The van der Waals surface area contributed by atoms with Crippen LogP contribution in [-0.2, 0) is 12.8 Å². The van der Waals surface area contributed by atoms with Gasteiger partial charge in [-0.3, -0.25) is 4.98 Å². The van der Waals surface area contributed by atoms with Crippen molar-refractivity contribution in [1.82, 2.24) is 15.2 Å². The molecule has 106 valence electrons. The summed E-state index contributed by atoms with van der Waals surface area (Å²) in [5.74, 6) is 1.32. The summed E-state index contributed by atoms with van der Waals surface area (Å²) in [5, 5.41) is 7.89. The molecule has 0 atom stereocenters. The lowest BCUT2D eigenvalue weighted by Gasteiger charge is -2.10. The highest BCUT2D eigenvalue weighted by atomic mass is 32.1. The van der Waals surface area contributed by atoms with Crippen molar-refractivity contribution in [2.45, 2.75) is 19.3 Å². The SMILES string of the molecule is COc1ccc2nc3c(c(-c4n[nH]c(=S)o4)c2c1)CCC3. The van der Waals surface area contributed by atoms with Crippen molar-refractivity contribution in [2.24, 2.45) is 0 Å². The monoisotopic (exact) mass is 299 g/mol. The summed E-state index contributed by atoms with van der Waals surface area (Å²) in [7, 11) is 1.65. The molecule has 0 amide bonds. The quantitative estimate of drug-likeness (QED) is 0.734. The van der Waals surface area contributed by atoms with E-state index in [1.165, 1.54) is 5.56 Å². The summed E-state index contributed by atoms with van der Waals surface area (Å²) in [6, 6.07) is 5.86. The lowest BCUT2D eigenvalue weighted by Crippen LogP contribution is -1.96. The summed E-state index contributed by atoms with van der Waals surface area (Å²) < 4.78 is 10.9. The molecule has 6 heteroatoms. The molecular formula is C15H13N3O2S. The van der Waals surface area contributed by atoms with Crippen LogP contribution in [0.3, 0.4) is 0 Å². The number of nitrogens with zero attached hydrogens (tertiary/aromatic N) is 2. The van der Waals surface area contributed by atoms with Gasteiger partial charge in [0.1, 0.15) is 5.75 Å². The fourth-order valence-corrected chi connectivity index (χ4v) is 3.07. The van der Waals surface area contributed by atoms with Crippen molar-refractivity contribution >= 4 is 23.1 Å². The first kappa shape index (κ1) is 12.5. The largest absolute Gasteiger partial charge is 0.497 e. The van der Waals surface area contributed by atoms with Gasteiger partial charge in [-0.15, -0.1) is 5.10 Å². The maximum absolute atomic E-state index is 5.56. The van der Waals surface area contributed by atoms with Crippen molar-refractivity contribution in [3.63, 3.8) is 0 Å². The zero-order valence-corrected chi connectivity index (χ0v) is 12.3. The molecule has 0 saturated heterocycles. The maximum Gasteiger partial charge on any atom is 0.284 e. The standard InChI is InChI=1S/C15H13N3O2S/c1-19-8-5-6-12-10(7-8)13(14-17-18-15(21)20-14)9-3-2-4-11(9)16-12/h5-7H,2-4H2,1H3,(H,18,21). The van der Waals surface area contributed by atoms with Crippen LogP contribution in [0.1, 0.15) is 17.7 Å². The van der Waals surface area contributed by atoms with E-state index < -0.39 is 0 Å². The predicted octanol–water partition coefficient (Wildman–Crippen LogP) is 3.44. The van der Waals surface area contributed by atoms with Crippen molar-refractivity contribution < 1.29 is 9.15 Å². The van der Waals surface area contributed by atoms with Gasteiger partial charge in [-0.05, 0) is 55.2 Å². The van der Waals surface area contributed by atoms with E-state index in [2.05, 4.69) is 10.2 Å². The Bertz CT molecular complexity index is 898. The molecule has 1 aromatic carbocycles. The van der Waals surface area contributed by atoms with E-state index >= 15 is 0 Å². The number of ether oxygens (including phenoxy) is 1. The second kappa shape index (κ2) is 4.66. The molecule has 1 aliphatic rings. The van der Waals surface area contributed by atoms with E-state index in [-0.39, 0.29) is 4.84 Å². The number of aromatic amines is 1. The molecular weight excluding hydrogens is 286 g/mol. The fraction of sp³-hybridized carbons (Fsp3) is 0.267. The van der Waals surface area contributed by atoms with Crippen LogP contribution in [0.4, 0.5) is 0 Å². The third-order valence-corrected chi connectivity index (χ3v) is 4.05. The van der Waals surface area contributed by atoms with E-state index in [0.717, 1.165) is 47.2 Å². The Balaban J connectivity index is 2.11. The maximum atomic E-state index is 5.56. The van der Waals surface area contributed by atoms with Gasteiger partial charge in [-0.1, -0.05) is 0 Å². The number of rotatable bonds is 2. The molecule has 0 radical (unpaired) electrons. The molecule has 4 rings (SSSR count). The molecule has 2 heterocycles. The average Bonchev–Trinajstić information content (AvgIpc) is 3.12. The number of H-pyrrole nitrogens is 1. The number of nitrogens with one attached hydrogen (secondary N) is 1. The van der Waals surface area contributed by atoms with Crippen LogP contribution in [0.5, 0.6) is 5.75 Å². The van der Waals surface area contributed by atoms with Crippen LogP contribution in [0.2, 0.25) is 0 Å². The minimum atomic E-state index is 0.282. The summed E-state index contributed by atoms with van der Waals surface area (Å²) in [6.07, 6.45) is 3.09. The van der Waals surface area contributed by atoms with E-state index in [0.29, 0.717) is 5.89 Å². The zero-order valence-electron chi connectivity index (χ0n) is 11.5. The van der Waals surface area contributed by atoms with E-state index in [1.54, 1.807) is 7.11 Å². The first-order valence-electron chi connectivity index (χ1n) is 6.81. The van der Waals surface area contributed by atoms with Crippen molar-refractivity contribution in [1.29, 1.82) is 0 Å².